The van der Waals surface area contributed by atoms with Gasteiger partial charge >= 0.3 is 29.6 Å². The molecule has 0 aromatic rings. The zero-order valence-corrected chi connectivity index (χ0v) is 6.27. The number of hydrogen-bond donors (Lipinski definition) is 2. The molecule has 0 aliphatic rings. The van der Waals surface area contributed by atoms with E-state index in [0.29, 0.717) is 0 Å². The van der Waals surface area contributed by atoms with Crippen molar-refractivity contribution in [1.82, 2.24) is 5.32 Å². The molecule has 0 spiro atoms. The van der Waals surface area contributed by atoms with Crippen LogP contribution in [0.3, 0.4) is 0 Å². The Morgan fingerprint density at radius 3 is 2.10 bits per heavy atom. The van der Waals surface area contributed by atoms with Crippen molar-refractivity contribution < 1.29 is 13.0 Å². The Kier molecular flexibility index (Phi) is 7.42. The number of hydrogen-bond acceptors (Lipinski definition) is 3. The van der Waals surface area contributed by atoms with Gasteiger partial charge in [-0.15, -0.1) is 0 Å². The second kappa shape index (κ2) is 5.51. The van der Waals surface area contributed by atoms with E-state index < -0.39 is 10.1 Å². The molecule has 10 heavy (non-hydrogen) atoms. The average molecular weight is 177 g/mol. The predicted molar refractivity (Wildman–Crippen MR) is 42.1 cm³/mol. The van der Waals surface area contributed by atoms with E-state index in [1.54, 1.807) is 14.0 Å². The summed E-state index contributed by atoms with van der Waals surface area (Å²) in [7, 11) is -2.16. The molecule has 4 nitrogen and oxygen atoms in total. The van der Waals surface area contributed by atoms with Crippen molar-refractivity contribution in [3.63, 3.8) is 0 Å². The Hall–Kier alpha value is 0.870. The molecule has 0 aliphatic carbocycles. The van der Waals surface area contributed by atoms with E-state index in [1.807, 2.05) is 0 Å². The fourth-order valence-electron chi connectivity index (χ4n) is 0.399. The van der Waals surface area contributed by atoms with Gasteiger partial charge < -0.3 is 5.32 Å². The van der Waals surface area contributed by atoms with Gasteiger partial charge in [0.05, 0.1) is 5.75 Å². The third kappa shape index (κ3) is 8.87. The van der Waals surface area contributed by atoms with E-state index in [1.165, 1.54) is 0 Å². The second-order valence-electron chi connectivity index (χ2n) is 1.94. The summed E-state index contributed by atoms with van der Waals surface area (Å²) in [5.74, 6) is -0.233. The third-order valence-electron chi connectivity index (χ3n) is 0.953. The van der Waals surface area contributed by atoms with Crippen LogP contribution in [0.5, 0.6) is 0 Å². The zero-order chi connectivity index (χ0) is 7.49. The normalized spacial score (nSPS) is 13.9. The van der Waals surface area contributed by atoms with E-state index in [-0.39, 0.29) is 41.4 Å². The first-order chi connectivity index (χ1) is 3.95. The van der Waals surface area contributed by atoms with E-state index in [4.69, 9.17) is 4.55 Å². The number of nitrogens with one attached hydrogen (secondary N) is 1. The molecule has 0 radical (unpaired) electrons. The molecule has 0 saturated carbocycles. The molecule has 1 atom stereocenters. The van der Waals surface area contributed by atoms with Gasteiger partial charge in [-0.1, -0.05) is 0 Å². The van der Waals surface area contributed by atoms with Gasteiger partial charge in [0.25, 0.3) is 10.1 Å². The van der Waals surface area contributed by atoms with Crippen molar-refractivity contribution in [1.29, 1.82) is 0 Å². The van der Waals surface area contributed by atoms with Crippen molar-refractivity contribution >= 4 is 39.7 Å². The molecule has 58 valence electrons. The summed E-state index contributed by atoms with van der Waals surface area (Å²) in [4.78, 5) is 0. The summed E-state index contributed by atoms with van der Waals surface area (Å²) in [6.45, 7) is 1.67. The quantitative estimate of drug-likeness (QED) is 0.421. The topological polar surface area (TPSA) is 66.4 Å². The van der Waals surface area contributed by atoms with Crippen LogP contribution in [-0.4, -0.2) is 61.4 Å². The van der Waals surface area contributed by atoms with Crippen LogP contribution in [0.2, 0.25) is 0 Å². The van der Waals surface area contributed by atoms with Gasteiger partial charge in [-0.25, -0.2) is 0 Å². The first kappa shape index (κ1) is 13.5. The molecule has 0 heterocycles. The fourth-order valence-corrected chi connectivity index (χ4v) is 1.20. The summed E-state index contributed by atoms with van der Waals surface area (Å²) >= 11 is 0. The van der Waals surface area contributed by atoms with Crippen molar-refractivity contribution in [2.24, 2.45) is 0 Å². The molecule has 0 amide bonds. The molecule has 0 saturated heterocycles. The van der Waals surface area contributed by atoms with Gasteiger partial charge in [0.15, 0.2) is 0 Å². The molecule has 0 aliphatic heterocycles. The Morgan fingerprint density at radius 2 is 2.00 bits per heavy atom. The average Bonchev–Trinajstić information content (AvgIpc) is 1.62. The van der Waals surface area contributed by atoms with Gasteiger partial charge in [0.2, 0.25) is 0 Å². The molecular weight excluding hydrogens is 165 g/mol. The monoisotopic (exact) mass is 177 g/mol. The summed E-state index contributed by atoms with van der Waals surface area (Å²) in [6, 6.07) is -0.194. The summed E-state index contributed by atoms with van der Waals surface area (Å²) in [6.07, 6.45) is 0. The van der Waals surface area contributed by atoms with Crippen LogP contribution < -0.4 is 5.32 Å². The van der Waals surface area contributed by atoms with Gasteiger partial charge in [0.1, 0.15) is 0 Å². The maximum atomic E-state index is 10.1. The molecular formula is C4H12NNaO3S. The predicted octanol–water partition coefficient (Wildman–Crippen LogP) is -1.17. The third-order valence-corrected chi connectivity index (χ3v) is 1.87. The SMILES string of the molecule is CNC(C)CS(=O)(=O)O.[NaH]. The molecule has 0 fully saturated rings. The van der Waals surface area contributed by atoms with Crippen molar-refractivity contribution in [3.8, 4) is 0 Å². The van der Waals surface area contributed by atoms with Crippen LogP contribution in [0.25, 0.3) is 0 Å². The molecule has 0 aromatic carbocycles. The summed E-state index contributed by atoms with van der Waals surface area (Å²) < 4.78 is 28.5. The summed E-state index contributed by atoms with van der Waals surface area (Å²) in [5.41, 5.74) is 0. The molecule has 6 heteroatoms. The van der Waals surface area contributed by atoms with Crippen LogP contribution in [0.4, 0.5) is 0 Å². The second-order valence-corrected chi connectivity index (χ2v) is 3.44. The first-order valence-electron chi connectivity index (χ1n) is 2.58. The molecule has 0 rings (SSSR count). The van der Waals surface area contributed by atoms with E-state index in [0.717, 1.165) is 0 Å². The van der Waals surface area contributed by atoms with Crippen molar-refractivity contribution in [2.45, 2.75) is 13.0 Å². The first-order valence-corrected chi connectivity index (χ1v) is 4.19. The molecule has 2 N–H and O–H groups in total. The van der Waals surface area contributed by atoms with Gasteiger partial charge in [0, 0.05) is 6.04 Å². The maximum absolute atomic E-state index is 10.1. The van der Waals surface area contributed by atoms with E-state index in [9.17, 15) is 8.42 Å². The Balaban J connectivity index is 0. The minimum absolute atomic E-state index is 0. The van der Waals surface area contributed by atoms with Crippen LogP contribution in [0, 0.1) is 0 Å². The van der Waals surface area contributed by atoms with Gasteiger partial charge in [-0.3, -0.25) is 4.55 Å². The Labute approximate surface area is 83.4 Å². The van der Waals surface area contributed by atoms with Crippen molar-refractivity contribution in [3.05, 3.63) is 0 Å². The molecule has 1 unspecified atom stereocenters. The summed E-state index contributed by atoms with van der Waals surface area (Å²) in [5, 5.41) is 2.68. The minimum atomic E-state index is -3.80. The van der Waals surface area contributed by atoms with E-state index in [2.05, 4.69) is 5.32 Å². The molecule has 0 bridgehead atoms. The number of rotatable bonds is 3. The van der Waals surface area contributed by atoms with Gasteiger partial charge in [-0.2, -0.15) is 8.42 Å². The van der Waals surface area contributed by atoms with Gasteiger partial charge in [-0.05, 0) is 14.0 Å². The van der Waals surface area contributed by atoms with Crippen LogP contribution >= 0.6 is 0 Å². The fraction of sp³-hybridized carbons (Fsp3) is 1.00. The molecule has 0 aromatic heterocycles. The van der Waals surface area contributed by atoms with Crippen LogP contribution in [0.15, 0.2) is 0 Å². The van der Waals surface area contributed by atoms with Crippen LogP contribution in [-0.2, 0) is 10.1 Å². The Morgan fingerprint density at radius 1 is 1.60 bits per heavy atom. The zero-order valence-electron chi connectivity index (χ0n) is 5.46. The van der Waals surface area contributed by atoms with Crippen molar-refractivity contribution in [2.75, 3.05) is 12.8 Å². The van der Waals surface area contributed by atoms with E-state index >= 15 is 0 Å². The van der Waals surface area contributed by atoms with Crippen LogP contribution in [0.1, 0.15) is 6.92 Å². The Bertz CT molecular complexity index is 167. The standard InChI is InChI=1S/C4H11NO3S.Na.H/c1-4(5-2)3-9(6,7)8;;/h4-5H,3H2,1-2H3,(H,6,7,8);;.